The highest BCUT2D eigenvalue weighted by Crippen LogP contribution is 2.63. The predicted molar refractivity (Wildman–Crippen MR) is 213 cm³/mol. The van der Waals surface area contributed by atoms with Crippen molar-refractivity contribution in [3.63, 3.8) is 0 Å². The lowest BCUT2D eigenvalue weighted by atomic mass is 9.70. The van der Waals surface area contributed by atoms with Gasteiger partial charge in [0.2, 0.25) is 0 Å². The third-order valence-corrected chi connectivity index (χ3v) is 11.4. The van der Waals surface area contributed by atoms with E-state index in [1.54, 1.807) is 0 Å². The van der Waals surface area contributed by atoms with Crippen molar-refractivity contribution in [2.75, 3.05) is 4.90 Å². The third kappa shape index (κ3) is 4.48. The van der Waals surface area contributed by atoms with Crippen LogP contribution < -0.4 is 4.90 Å². The molecule has 0 amide bonds. The molecule has 242 valence electrons. The van der Waals surface area contributed by atoms with E-state index in [0.29, 0.717) is 0 Å². The third-order valence-electron chi connectivity index (χ3n) is 11.4. The Labute approximate surface area is 300 Å². The lowest BCUT2D eigenvalue weighted by Gasteiger charge is -2.38. The van der Waals surface area contributed by atoms with Gasteiger partial charge in [0.15, 0.2) is 0 Å². The van der Waals surface area contributed by atoms with Gasteiger partial charge in [-0.2, -0.15) is 0 Å². The molecule has 1 heteroatoms. The molecule has 51 heavy (non-hydrogen) atoms. The van der Waals surface area contributed by atoms with Gasteiger partial charge in [-0.3, -0.25) is 0 Å². The first kappa shape index (κ1) is 29.7. The summed E-state index contributed by atoms with van der Waals surface area (Å²) in [6.45, 7) is 2.36. The minimum Gasteiger partial charge on any atom is -0.334 e. The molecule has 0 bridgehead atoms. The monoisotopic (exact) mass is 651 g/mol. The van der Waals surface area contributed by atoms with Crippen LogP contribution in [0.4, 0.5) is 11.4 Å². The van der Waals surface area contributed by atoms with Crippen LogP contribution in [0.15, 0.2) is 194 Å². The smallest absolute Gasteiger partial charge is 0.0726 e. The molecule has 0 saturated heterocycles. The molecule has 0 saturated carbocycles. The highest BCUT2D eigenvalue weighted by molar-refractivity contribution is 5.96. The lowest BCUT2D eigenvalue weighted by molar-refractivity contribution is 0.611. The number of hydrogen-bond donors (Lipinski definition) is 0. The molecule has 2 atom stereocenters. The van der Waals surface area contributed by atoms with E-state index in [1.807, 2.05) is 0 Å². The van der Waals surface area contributed by atoms with Gasteiger partial charge in [-0.1, -0.05) is 177 Å². The van der Waals surface area contributed by atoms with Gasteiger partial charge in [0.1, 0.15) is 0 Å². The van der Waals surface area contributed by atoms with E-state index in [9.17, 15) is 0 Å². The second-order valence-electron chi connectivity index (χ2n) is 14.1. The molecule has 0 N–H and O–H groups in total. The Kier molecular flexibility index (Phi) is 6.82. The zero-order chi connectivity index (χ0) is 33.9. The van der Waals surface area contributed by atoms with Crippen LogP contribution in [-0.2, 0) is 5.41 Å². The van der Waals surface area contributed by atoms with Crippen molar-refractivity contribution in [2.45, 2.75) is 18.4 Å². The molecule has 3 aliphatic carbocycles. The molecule has 1 spiro atoms. The second-order valence-corrected chi connectivity index (χ2v) is 14.1. The highest BCUT2D eigenvalue weighted by Gasteiger charge is 2.51. The number of fused-ring (bicyclic) bond motifs is 10. The van der Waals surface area contributed by atoms with Crippen molar-refractivity contribution in [2.24, 2.45) is 5.92 Å². The molecule has 0 aromatic heterocycles. The molecule has 2 unspecified atom stereocenters. The molecule has 0 fully saturated rings. The minimum absolute atomic E-state index is 0.126. The van der Waals surface area contributed by atoms with Crippen LogP contribution in [0.5, 0.6) is 0 Å². The summed E-state index contributed by atoms with van der Waals surface area (Å²) in [6, 6.07) is 65.1. The molecule has 3 aliphatic rings. The fourth-order valence-corrected chi connectivity index (χ4v) is 9.13. The first-order valence-electron chi connectivity index (χ1n) is 18.1. The Bertz CT molecular complexity index is 2420. The van der Waals surface area contributed by atoms with Gasteiger partial charge in [-0.25, -0.2) is 0 Å². The number of rotatable bonds is 5. The van der Waals surface area contributed by atoms with Crippen molar-refractivity contribution in [1.29, 1.82) is 0 Å². The van der Waals surface area contributed by atoms with Crippen molar-refractivity contribution >= 4 is 16.9 Å². The molecule has 1 nitrogen and oxygen atoms in total. The van der Waals surface area contributed by atoms with Crippen molar-refractivity contribution in [3.8, 4) is 33.4 Å². The summed E-state index contributed by atoms with van der Waals surface area (Å²) in [7, 11) is 0. The summed E-state index contributed by atoms with van der Waals surface area (Å²) in [5, 5.41) is 0. The van der Waals surface area contributed by atoms with Crippen LogP contribution in [0, 0.1) is 5.92 Å². The van der Waals surface area contributed by atoms with Gasteiger partial charge in [-0.15, -0.1) is 0 Å². The summed E-state index contributed by atoms with van der Waals surface area (Å²) < 4.78 is 0. The average molecular weight is 652 g/mol. The Balaban J connectivity index is 1.17. The Morgan fingerprint density at radius 3 is 1.47 bits per heavy atom. The van der Waals surface area contributed by atoms with Crippen molar-refractivity contribution < 1.29 is 0 Å². The summed E-state index contributed by atoms with van der Waals surface area (Å²) in [5.74, 6) is 0.270. The van der Waals surface area contributed by atoms with E-state index >= 15 is 0 Å². The Hall–Kier alpha value is -6.18. The van der Waals surface area contributed by atoms with Gasteiger partial charge >= 0.3 is 0 Å². The average Bonchev–Trinajstić information content (AvgIpc) is 3.67. The largest absolute Gasteiger partial charge is 0.334 e. The maximum atomic E-state index is 2.57. The van der Waals surface area contributed by atoms with Crippen LogP contribution in [-0.4, -0.2) is 6.04 Å². The fourth-order valence-electron chi connectivity index (χ4n) is 9.13. The van der Waals surface area contributed by atoms with Crippen LogP contribution >= 0.6 is 0 Å². The molecule has 10 rings (SSSR count). The SMILES string of the molecule is CC1C=C(c2ccccc2)C=CC1N(c1ccc(-c2ccccc2)cc1)c1ccc2c(c1)C1(c3ccccc3-c3ccccc31)c1ccccc1-2. The van der Waals surface area contributed by atoms with E-state index in [1.165, 1.54) is 78.1 Å². The normalized spacial score (nSPS) is 17.3. The Morgan fingerprint density at radius 1 is 0.431 bits per heavy atom. The zero-order valence-electron chi connectivity index (χ0n) is 28.6. The quantitative estimate of drug-likeness (QED) is 0.179. The predicted octanol–water partition coefficient (Wildman–Crippen LogP) is 12.5. The van der Waals surface area contributed by atoms with Crippen molar-refractivity contribution in [1.82, 2.24) is 0 Å². The van der Waals surface area contributed by atoms with E-state index in [0.717, 1.165) is 0 Å². The summed E-state index contributed by atoms with van der Waals surface area (Å²) >= 11 is 0. The molecular formula is C50H37N. The molecule has 0 aliphatic heterocycles. The van der Waals surface area contributed by atoms with Crippen LogP contribution in [0.2, 0.25) is 0 Å². The van der Waals surface area contributed by atoms with Crippen molar-refractivity contribution in [3.05, 3.63) is 222 Å². The summed E-state index contributed by atoms with van der Waals surface area (Å²) in [6.07, 6.45) is 7.18. The first-order valence-corrected chi connectivity index (χ1v) is 18.1. The van der Waals surface area contributed by atoms with Gasteiger partial charge < -0.3 is 4.90 Å². The molecule has 7 aromatic carbocycles. The van der Waals surface area contributed by atoms with Gasteiger partial charge in [0.05, 0.1) is 11.5 Å². The van der Waals surface area contributed by atoms with Gasteiger partial charge in [0.25, 0.3) is 0 Å². The first-order chi connectivity index (χ1) is 25.2. The number of anilines is 2. The maximum Gasteiger partial charge on any atom is 0.0726 e. The van der Waals surface area contributed by atoms with E-state index in [4.69, 9.17) is 0 Å². The topological polar surface area (TPSA) is 3.24 Å². The van der Waals surface area contributed by atoms with Crippen LogP contribution in [0.1, 0.15) is 34.7 Å². The molecular weight excluding hydrogens is 615 g/mol. The summed E-state index contributed by atoms with van der Waals surface area (Å²) in [4.78, 5) is 2.57. The van der Waals surface area contributed by atoms with E-state index in [2.05, 4.69) is 206 Å². The molecule has 0 radical (unpaired) electrons. The van der Waals surface area contributed by atoms with Gasteiger partial charge in [0, 0.05) is 11.4 Å². The molecule has 7 aromatic rings. The second kappa shape index (κ2) is 11.7. The number of nitrogens with zero attached hydrogens (tertiary/aromatic N) is 1. The number of hydrogen-bond acceptors (Lipinski definition) is 1. The van der Waals surface area contributed by atoms with E-state index < -0.39 is 0 Å². The fraction of sp³-hybridized carbons (Fsp3) is 0.0800. The standard InChI is InChI=1S/C50H37N/c1-34-32-38(36-16-6-3-7-17-36)26-31-49(34)51(39-27-24-37(25-28-39)35-14-4-2-5-15-35)40-29-30-44-43-20-10-13-23-47(43)50(48(44)33-40)45-21-11-8-18-41(45)42-19-9-12-22-46(42)50/h2-34,49H,1H3. The van der Waals surface area contributed by atoms with E-state index in [-0.39, 0.29) is 17.4 Å². The lowest BCUT2D eigenvalue weighted by Crippen LogP contribution is -2.36. The van der Waals surface area contributed by atoms with Crippen LogP contribution in [0.25, 0.3) is 39.0 Å². The highest BCUT2D eigenvalue weighted by atomic mass is 15.2. The van der Waals surface area contributed by atoms with Crippen LogP contribution in [0.3, 0.4) is 0 Å². The Morgan fingerprint density at radius 2 is 0.902 bits per heavy atom. The minimum atomic E-state index is -0.383. The summed E-state index contributed by atoms with van der Waals surface area (Å²) in [5.41, 5.74) is 17.8. The van der Waals surface area contributed by atoms with Gasteiger partial charge in [-0.05, 0) is 97.0 Å². The molecule has 0 heterocycles. The maximum absolute atomic E-state index is 2.57. The zero-order valence-corrected chi connectivity index (χ0v) is 28.6. The number of benzene rings is 7. The number of allylic oxidation sites excluding steroid dienone is 2.